The first kappa shape index (κ1) is 61.1. The van der Waals surface area contributed by atoms with Gasteiger partial charge in [0.15, 0.2) is 6.10 Å². The van der Waals surface area contributed by atoms with E-state index in [1.807, 2.05) is 0 Å². The number of hydrogen-bond donors (Lipinski definition) is 0. The first-order valence-electron chi connectivity index (χ1n) is 27.3. The number of hydrogen-bond acceptors (Lipinski definition) is 6. The maximum atomic E-state index is 12.8. The lowest BCUT2D eigenvalue weighted by Gasteiger charge is -2.18. The Morgan fingerprint density at radius 2 is 0.609 bits per heavy atom. The second-order valence-corrected chi connectivity index (χ2v) is 18.1. The molecule has 1 unspecified atom stereocenters. The second kappa shape index (κ2) is 52.7. The molecule has 6 heteroatoms. The number of rotatable bonds is 49. The Morgan fingerprint density at radius 3 is 0.984 bits per heavy atom. The summed E-state index contributed by atoms with van der Waals surface area (Å²) in [6, 6.07) is 0. The van der Waals surface area contributed by atoms with Crippen LogP contribution in [0.5, 0.6) is 0 Å². The first-order valence-corrected chi connectivity index (χ1v) is 27.3. The Kier molecular flexibility index (Phi) is 50.4. The highest BCUT2D eigenvalue weighted by Gasteiger charge is 2.19. The number of ether oxygens (including phenoxy) is 3. The van der Waals surface area contributed by atoms with Gasteiger partial charge in [-0.15, -0.1) is 0 Å². The van der Waals surface area contributed by atoms with Crippen LogP contribution in [0.2, 0.25) is 0 Å². The molecule has 0 N–H and O–H groups in total. The van der Waals surface area contributed by atoms with Crippen LogP contribution in [0, 0.1) is 0 Å². The molecule has 6 nitrogen and oxygen atoms in total. The number of carbonyl (C=O) groups is 3. The first-order chi connectivity index (χ1) is 31.5. The highest BCUT2D eigenvalue weighted by molar-refractivity contribution is 5.71. The van der Waals surface area contributed by atoms with Crippen LogP contribution in [0.1, 0.15) is 271 Å². The molecule has 0 aromatic rings. The fourth-order valence-corrected chi connectivity index (χ4v) is 7.66. The van der Waals surface area contributed by atoms with Gasteiger partial charge in [0.05, 0.1) is 0 Å². The molecule has 0 fully saturated rings. The maximum absolute atomic E-state index is 12.8. The van der Waals surface area contributed by atoms with E-state index in [9.17, 15) is 14.4 Å². The fourth-order valence-electron chi connectivity index (χ4n) is 7.66. The third-order valence-corrected chi connectivity index (χ3v) is 11.8. The standard InChI is InChI=1S/C58H102O6/c1-4-7-10-13-16-19-22-25-27-28-29-30-31-34-36-39-42-45-48-51-57(60)63-54-55(53-62-56(59)50-47-44-41-38-35-32-24-21-18-15-12-9-6-3)64-58(61)52-49-46-43-40-37-33-26-23-20-17-14-11-8-5-2/h7,10,16,19,25,27,29-30,32,35,55H,4-6,8-9,11-15,17-18,20-24,26,28,31,33-34,36-54H2,1-3H3/b10-7-,19-16-,27-25-,30-29-,35-32-. The van der Waals surface area contributed by atoms with E-state index in [1.165, 1.54) is 128 Å². The predicted molar refractivity (Wildman–Crippen MR) is 275 cm³/mol. The van der Waals surface area contributed by atoms with Crippen molar-refractivity contribution in [2.24, 2.45) is 0 Å². The summed E-state index contributed by atoms with van der Waals surface area (Å²) in [6.45, 7) is 6.51. The van der Waals surface area contributed by atoms with E-state index in [4.69, 9.17) is 14.2 Å². The van der Waals surface area contributed by atoms with Gasteiger partial charge in [0.2, 0.25) is 0 Å². The van der Waals surface area contributed by atoms with Crippen molar-refractivity contribution in [3.63, 3.8) is 0 Å². The number of carbonyl (C=O) groups excluding carboxylic acids is 3. The average molecular weight is 895 g/mol. The van der Waals surface area contributed by atoms with Crippen LogP contribution >= 0.6 is 0 Å². The van der Waals surface area contributed by atoms with Crippen LogP contribution in [0.15, 0.2) is 60.8 Å². The van der Waals surface area contributed by atoms with Crippen molar-refractivity contribution in [2.45, 2.75) is 277 Å². The van der Waals surface area contributed by atoms with E-state index in [-0.39, 0.29) is 31.1 Å². The third kappa shape index (κ3) is 50.1. The Balaban J connectivity index is 4.39. The van der Waals surface area contributed by atoms with Crippen LogP contribution in [0.4, 0.5) is 0 Å². The Hall–Kier alpha value is -2.89. The molecule has 0 aliphatic heterocycles. The van der Waals surface area contributed by atoms with Gasteiger partial charge in [0.25, 0.3) is 0 Å². The number of unbranched alkanes of at least 4 members (excludes halogenated alkanes) is 28. The van der Waals surface area contributed by atoms with Crippen molar-refractivity contribution < 1.29 is 28.6 Å². The van der Waals surface area contributed by atoms with Gasteiger partial charge in [0.1, 0.15) is 13.2 Å². The van der Waals surface area contributed by atoms with Gasteiger partial charge in [-0.05, 0) is 83.5 Å². The molecule has 0 spiro atoms. The van der Waals surface area contributed by atoms with Crippen LogP contribution in [-0.4, -0.2) is 37.2 Å². The molecule has 0 saturated heterocycles. The summed E-state index contributed by atoms with van der Waals surface area (Å²) in [5, 5.41) is 0. The zero-order valence-corrected chi connectivity index (χ0v) is 42.3. The Morgan fingerprint density at radius 1 is 0.328 bits per heavy atom. The molecule has 370 valence electrons. The number of esters is 3. The zero-order valence-electron chi connectivity index (χ0n) is 42.3. The van der Waals surface area contributed by atoms with Crippen molar-refractivity contribution in [1.29, 1.82) is 0 Å². The SMILES string of the molecule is CC/C=C\C/C=C\C/C=C\C/C=C\CCCCCCCCC(=O)OCC(COC(=O)CCCCC/C=C\CCCCCCCC)OC(=O)CCCCCCCCCCCCCCCC. The molecule has 0 heterocycles. The van der Waals surface area contributed by atoms with Gasteiger partial charge in [-0.1, -0.05) is 229 Å². The fraction of sp³-hybridized carbons (Fsp3) is 0.776. The minimum absolute atomic E-state index is 0.0844. The molecule has 0 aromatic heterocycles. The maximum Gasteiger partial charge on any atom is 0.306 e. The molecule has 0 amide bonds. The van der Waals surface area contributed by atoms with Gasteiger partial charge in [-0.25, -0.2) is 0 Å². The van der Waals surface area contributed by atoms with Crippen LogP contribution < -0.4 is 0 Å². The lowest BCUT2D eigenvalue weighted by molar-refractivity contribution is -0.167. The molecule has 0 saturated carbocycles. The minimum atomic E-state index is -0.783. The molecule has 1 atom stereocenters. The highest BCUT2D eigenvalue weighted by Crippen LogP contribution is 2.15. The summed E-state index contributed by atoms with van der Waals surface area (Å²) in [6.07, 6.45) is 64.9. The molecular weight excluding hydrogens is 793 g/mol. The Labute approximate surface area is 396 Å². The van der Waals surface area contributed by atoms with E-state index >= 15 is 0 Å². The van der Waals surface area contributed by atoms with E-state index in [0.29, 0.717) is 19.3 Å². The minimum Gasteiger partial charge on any atom is -0.462 e. The van der Waals surface area contributed by atoms with E-state index < -0.39 is 6.10 Å². The molecule has 0 aliphatic carbocycles. The zero-order chi connectivity index (χ0) is 46.5. The summed E-state index contributed by atoms with van der Waals surface area (Å²) in [5.41, 5.74) is 0. The summed E-state index contributed by atoms with van der Waals surface area (Å²) in [7, 11) is 0. The van der Waals surface area contributed by atoms with Crippen LogP contribution in [0.3, 0.4) is 0 Å². The highest BCUT2D eigenvalue weighted by atomic mass is 16.6. The molecule has 0 bridgehead atoms. The second-order valence-electron chi connectivity index (χ2n) is 18.1. The van der Waals surface area contributed by atoms with Crippen LogP contribution in [0.25, 0.3) is 0 Å². The topological polar surface area (TPSA) is 78.9 Å². The third-order valence-electron chi connectivity index (χ3n) is 11.8. The van der Waals surface area contributed by atoms with E-state index in [2.05, 4.69) is 81.5 Å². The van der Waals surface area contributed by atoms with Crippen molar-refractivity contribution in [3.05, 3.63) is 60.8 Å². The summed E-state index contributed by atoms with van der Waals surface area (Å²) < 4.78 is 16.8. The summed E-state index contributed by atoms with van der Waals surface area (Å²) in [4.78, 5) is 38.0. The lowest BCUT2D eigenvalue weighted by Crippen LogP contribution is -2.30. The van der Waals surface area contributed by atoms with Gasteiger partial charge in [0, 0.05) is 19.3 Å². The van der Waals surface area contributed by atoms with Crippen molar-refractivity contribution in [2.75, 3.05) is 13.2 Å². The average Bonchev–Trinajstić information content (AvgIpc) is 3.29. The summed E-state index contributed by atoms with van der Waals surface area (Å²) >= 11 is 0. The van der Waals surface area contributed by atoms with Gasteiger partial charge in [-0.3, -0.25) is 14.4 Å². The van der Waals surface area contributed by atoms with Crippen molar-refractivity contribution in [1.82, 2.24) is 0 Å². The lowest BCUT2D eigenvalue weighted by atomic mass is 10.0. The van der Waals surface area contributed by atoms with Gasteiger partial charge in [-0.2, -0.15) is 0 Å². The molecule has 0 aromatic carbocycles. The molecule has 0 rings (SSSR count). The predicted octanol–water partition coefficient (Wildman–Crippen LogP) is 18.0. The Bertz CT molecular complexity index is 1170. The van der Waals surface area contributed by atoms with Gasteiger partial charge < -0.3 is 14.2 Å². The van der Waals surface area contributed by atoms with Crippen LogP contribution in [-0.2, 0) is 28.6 Å². The van der Waals surface area contributed by atoms with E-state index in [1.54, 1.807) is 0 Å². The smallest absolute Gasteiger partial charge is 0.306 e. The molecular formula is C58H102O6. The normalized spacial score (nSPS) is 12.5. The molecule has 0 aliphatic rings. The molecule has 64 heavy (non-hydrogen) atoms. The summed E-state index contributed by atoms with van der Waals surface area (Å²) in [5.74, 6) is -0.904. The van der Waals surface area contributed by atoms with E-state index in [0.717, 1.165) is 103 Å². The van der Waals surface area contributed by atoms with Gasteiger partial charge >= 0.3 is 17.9 Å². The largest absolute Gasteiger partial charge is 0.462 e. The number of allylic oxidation sites excluding steroid dienone is 10. The van der Waals surface area contributed by atoms with Crippen molar-refractivity contribution in [3.8, 4) is 0 Å². The monoisotopic (exact) mass is 895 g/mol. The van der Waals surface area contributed by atoms with Crippen molar-refractivity contribution >= 4 is 17.9 Å². The molecule has 0 radical (unpaired) electrons. The quantitative estimate of drug-likeness (QED) is 0.0262.